The van der Waals surface area contributed by atoms with Gasteiger partial charge in [0.1, 0.15) is 0 Å². The van der Waals surface area contributed by atoms with Crippen molar-refractivity contribution in [3.8, 4) is 0 Å². The van der Waals surface area contributed by atoms with Crippen LogP contribution in [0.15, 0.2) is 49.1 Å². The van der Waals surface area contributed by atoms with Crippen LogP contribution in [0.3, 0.4) is 0 Å². The maximum absolute atomic E-state index is 5.71. The van der Waals surface area contributed by atoms with Crippen molar-refractivity contribution >= 4 is 0 Å². The van der Waals surface area contributed by atoms with Crippen LogP contribution in [0.4, 0.5) is 0 Å². The molecule has 2 aliphatic rings. The average molecular weight is 437 g/mol. The molecule has 1 nitrogen and oxygen atoms in total. The summed E-state index contributed by atoms with van der Waals surface area (Å²) in [5.41, 5.74) is 3.38. The van der Waals surface area contributed by atoms with Gasteiger partial charge in [0.05, 0.1) is 13.2 Å². The summed E-state index contributed by atoms with van der Waals surface area (Å²) in [5, 5.41) is 0. The zero-order valence-electron chi connectivity index (χ0n) is 21.0. The molecule has 0 amide bonds. The first-order valence-corrected chi connectivity index (χ1v) is 13.6. The molecule has 0 bridgehead atoms. The Kier molecular flexibility index (Phi) is 10.6. The highest BCUT2D eigenvalue weighted by atomic mass is 16.5. The van der Waals surface area contributed by atoms with Crippen molar-refractivity contribution in [2.45, 2.75) is 104 Å². The van der Waals surface area contributed by atoms with E-state index in [2.05, 4.69) is 49.9 Å². The zero-order chi connectivity index (χ0) is 22.7. The molecule has 1 atom stereocenters. The van der Waals surface area contributed by atoms with Crippen molar-refractivity contribution in [2.24, 2.45) is 23.2 Å². The minimum Gasteiger partial charge on any atom is -0.373 e. The fourth-order valence-electron chi connectivity index (χ4n) is 6.46. The Balaban J connectivity index is 1.56. The number of hydrogen-bond acceptors (Lipinski definition) is 1. The van der Waals surface area contributed by atoms with E-state index in [9.17, 15) is 0 Å². The normalized spacial score (nSPS) is 24.4. The van der Waals surface area contributed by atoms with Gasteiger partial charge in [0.15, 0.2) is 0 Å². The summed E-state index contributed by atoms with van der Waals surface area (Å²) in [6, 6.07) is 9.23. The van der Waals surface area contributed by atoms with Gasteiger partial charge in [-0.3, -0.25) is 0 Å². The second-order valence-electron chi connectivity index (χ2n) is 10.7. The molecule has 0 aromatic heterocycles. The molecule has 1 aromatic rings. The van der Waals surface area contributed by atoms with Crippen molar-refractivity contribution in [1.29, 1.82) is 0 Å². The SMILES string of the molecule is C=CC1CCC(C(CC)CC2(CCc3ccc(COCC=CC)cc3)CCCCC2)CC1. The van der Waals surface area contributed by atoms with Gasteiger partial charge in [-0.25, -0.2) is 0 Å². The van der Waals surface area contributed by atoms with Crippen LogP contribution in [0.5, 0.6) is 0 Å². The Labute approximate surface area is 198 Å². The van der Waals surface area contributed by atoms with Crippen molar-refractivity contribution in [2.75, 3.05) is 6.61 Å². The maximum atomic E-state index is 5.71. The lowest BCUT2D eigenvalue weighted by Crippen LogP contribution is -2.31. The van der Waals surface area contributed by atoms with Crippen molar-refractivity contribution in [1.82, 2.24) is 0 Å². The molecule has 2 fully saturated rings. The van der Waals surface area contributed by atoms with Gasteiger partial charge >= 0.3 is 0 Å². The van der Waals surface area contributed by atoms with E-state index in [1.165, 1.54) is 94.6 Å². The van der Waals surface area contributed by atoms with E-state index < -0.39 is 0 Å². The van der Waals surface area contributed by atoms with Crippen molar-refractivity contribution in [3.63, 3.8) is 0 Å². The minimum atomic E-state index is 0.586. The molecule has 1 aromatic carbocycles. The molecule has 1 unspecified atom stereocenters. The zero-order valence-corrected chi connectivity index (χ0v) is 21.0. The molecular weight excluding hydrogens is 388 g/mol. The van der Waals surface area contributed by atoms with Crippen LogP contribution in [0.2, 0.25) is 0 Å². The lowest BCUT2D eigenvalue weighted by Gasteiger charge is -2.43. The molecular formula is C31H48O. The first-order valence-electron chi connectivity index (χ1n) is 13.6. The van der Waals surface area contributed by atoms with E-state index in [-0.39, 0.29) is 0 Å². The fourth-order valence-corrected chi connectivity index (χ4v) is 6.46. The number of ether oxygens (including phenoxy) is 1. The monoisotopic (exact) mass is 436 g/mol. The van der Waals surface area contributed by atoms with Gasteiger partial charge in [-0.1, -0.05) is 75.1 Å². The summed E-state index contributed by atoms with van der Waals surface area (Å²) in [7, 11) is 0. The van der Waals surface area contributed by atoms with Crippen LogP contribution >= 0.6 is 0 Å². The number of allylic oxidation sites excluding steroid dienone is 2. The van der Waals surface area contributed by atoms with Gasteiger partial charge in [0, 0.05) is 0 Å². The van der Waals surface area contributed by atoms with E-state index in [4.69, 9.17) is 4.74 Å². The standard InChI is InChI=1S/C31H48O/c1-4-7-23-32-25-28-13-11-27(12-14-28)19-22-31(20-9-8-10-21-31)24-29(6-3)30-17-15-26(5-2)16-18-30/h4-5,7,11-14,26,29-30H,2,6,8-10,15-25H2,1,3H3. The molecule has 178 valence electrons. The molecule has 2 aliphatic carbocycles. The first-order chi connectivity index (χ1) is 15.7. The lowest BCUT2D eigenvalue weighted by atomic mass is 9.62. The van der Waals surface area contributed by atoms with Gasteiger partial charge in [-0.15, -0.1) is 6.58 Å². The van der Waals surface area contributed by atoms with E-state index in [1.54, 1.807) is 0 Å². The molecule has 2 saturated carbocycles. The largest absolute Gasteiger partial charge is 0.373 e. The smallest absolute Gasteiger partial charge is 0.0721 e. The molecule has 0 radical (unpaired) electrons. The van der Waals surface area contributed by atoms with Crippen LogP contribution in [-0.4, -0.2) is 6.61 Å². The summed E-state index contributed by atoms with van der Waals surface area (Å²) < 4.78 is 5.71. The highest BCUT2D eigenvalue weighted by Gasteiger charge is 2.36. The summed E-state index contributed by atoms with van der Waals surface area (Å²) in [5.74, 6) is 2.66. The Hall–Kier alpha value is -1.34. The summed E-state index contributed by atoms with van der Waals surface area (Å²) in [4.78, 5) is 0. The topological polar surface area (TPSA) is 9.23 Å². The van der Waals surface area contributed by atoms with Gasteiger partial charge in [-0.05, 0) is 99.0 Å². The van der Waals surface area contributed by atoms with E-state index >= 15 is 0 Å². The first kappa shape index (κ1) is 25.3. The highest BCUT2D eigenvalue weighted by molar-refractivity contribution is 5.22. The molecule has 0 saturated heterocycles. The van der Waals surface area contributed by atoms with Gasteiger partial charge in [0.25, 0.3) is 0 Å². The number of rotatable bonds is 12. The predicted molar refractivity (Wildman–Crippen MR) is 139 cm³/mol. The third kappa shape index (κ3) is 7.62. The van der Waals surface area contributed by atoms with Crippen LogP contribution < -0.4 is 0 Å². The van der Waals surface area contributed by atoms with E-state index in [1.807, 2.05) is 13.0 Å². The predicted octanol–water partition coefficient (Wildman–Crippen LogP) is 9.07. The molecule has 3 rings (SSSR count). The van der Waals surface area contributed by atoms with Gasteiger partial charge in [-0.2, -0.15) is 0 Å². The second-order valence-corrected chi connectivity index (χ2v) is 10.7. The minimum absolute atomic E-state index is 0.586. The molecule has 1 heteroatoms. The third-order valence-corrected chi connectivity index (χ3v) is 8.64. The Morgan fingerprint density at radius 1 is 1.03 bits per heavy atom. The van der Waals surface area contributed by atoms with Crippen LogP contribution in [0.25, 0.3) is 0 Å². The summed E-state index contributed by atoms with van der Waals surface area (Å²) in [6.45, 7) is 9.95. The second kappa shape index (κ2) is 13.4. The Morgan fingerprint density at radius 3 is 2.34 bits per heavy atom. The molecule has 0 spiro atoms. The fraction of sp³-hybridized carbons (Fsp3) is 0.677. The molecule has 0 heterocycles. The summed E-state index contributed by atoms with van der Waals surface area (Å²) in [6.07, 6.45) is 24.7. The summed E-state index contributed by atoms with van der Waals surface area (Å²) >= 11 is 0. The number of benzene rings is 1. The van der Waals surface area contributed by atoms with E-state index in [0.717, 1.165) is 17.8 Å². The van der Waals surface area contributed by atoms with Gasteiger partial charge in [0.2, 0.25) is 0 Å². The van der Waals surface area contributed by atoms with Crippen LogP contribution in [0, 0.1) is 23.2 Å². The molecule has 0 N–H and O–H groups in total. The van der Waals surface area contributed by atoms with Crippen LogP contribution in [-0.2, 0) is 17.8 Å². The Bertz CT molecular complexity index is 671. The molecule has 32 heavy (non-hydrogen) atoms. The number of aryl methyl sites for hydroxylation is 1. The van der Waals surface area contributed by atoms with E-state index in [0.29, 0.717) is 18.6 Å². The van der Waals surface area contributed by atoms with Crippen LogP contribution in [0.1, 0.15) is 102 Å². The van der Waals surface area contributed by atoms with Gasteiger partial charge < -0.3 is 4.74 Å². The quantitative estimate of drug-likeness (QED) is 0.234. The van der Waals surface area contributed by atoms with Crippen molar-refractivity contribution in [3.05, 3.63) is 60.2 Å². The highest BCUT2D eigenvalue weighted by Crippen LogP contribution is 2.49. The molecule has 0 aliphatic heterocycles. The number of hydrogen-bond donors (Lipinski definition) is 0. The average Bonchev–Trinajstić information content (AvgIpc) is 2.85. The Morgan fingerprint density at radius 2 is 1.72 bits per heavy atom. The maximum Gasteiger partial charge on any atom is 0.0721 e. The van der Waals surface area contributed by atoms with Crippen molar-refractivity contribution < 1.29 is 4.74 Å². The lowest BCUT2D eigenvalue weighted by molar-refractivity contribution is 0.0892. The third-order valence-electron chi connectivity index (χ3n) is 8.64.